The van der Waals surface area contributed by atoms with E-state index in [1.165, 1.54) is 45.3 Å². The summed E-state index contributed by atoms with van der Waals surface area (Å²) in [6.07, 6.45) is 9.86. The van der Waals surface area contributed by atoms with E-state index in [4.69, 9.17) is 0 Å². The first-order chi connectivity index (χ1) is 6.84. The van der Waals surface area contributed by atoms with Gasteiger partial charge in [-0.05, 0) is 51.7 Å². The molecule has 1 unspecified atom stereocenters. The van der Waals surface area contributed by atoms with Crippen molar-refractivity contribution in [3.8, 4) is 0 Å². The zero-order chi connectivity index (χ0) is 9.80. The van der Waals surface area contributed by atoms with Crippen molar-refractivity contribution in [3.63, 3.8) is 0 Å². The molecule has 1 heterocycles. The molecule has 0 bridgehead atoms. The Morgan fingerprint density at radius 3 is 2.86 bits per heavy atom. The van der Waals surface area contributed by atoms with Crippen LogP contribution >= 0.6 is 0 Å². The Hall–Kier alpha value is -0.340. The Balaban J connectivity index is 1.64. The Labute approximate surface area is 87.4 Å². The summed E-state index contributed by atoms with van der Waals surface area (Å²) < 4.78 is 0. The van der Waals surface area contributed by atoms with Gasteiger partial charge in [-0.3, -0.25) is 0 Å². The highest BCUT2D eigenvalue weighted by molar-refractivity contribution is 4.97. The van der Waals surface area contributed by atoms with Crippen LogP contribution in [0.4, 0.5) is 0 Å². The van der Waals surface area contributed by atoms with E-state index in [2.05, 4.69) is 29.4 Å². The SMILES string of the molecule is CN1CCCC(CNC2CC=CC2)C1. The molecule has 0 aromatic heterocycles. The summed E-state index contributed by atoms with van der Waals surface area (Å²) in [5.74, 6) is 0.884. The number of hydrogen-bond acceptors (Lipinski definition) is 2. The molecule has 1 N–H and O–H groups in total. The normalized spacial score (nSPS) is 29.9. The topological polar surface area (TPSA) is 15.3 Å². The molecule has 0 radical (unpaired) electrons. The monoisotopic (exact) mass is 194 g/mol. The molecule has 0 aromatic carbocycles. The van der Waals surface area contributed by atoms with E-state index in [0.717, 1.165) is 12.0 Å². The van der Waals surface area contributed by atoms with Crippen LogP contribution in [0, 0.1) is 5.92 Å². The fraction of sp³-hybridized carbons (Fsp3) is 0.833. The molecule has 1 atom stereocenters. The summed E-state index contributed by atoms with van der Waals surface area (Å²) in [6, 6.07) is 0.738. The average Bonchev–Trinajstić information content (AvgIpc) is 2.67. The first kappa shape index (κ1) is 10.2. The van der Waals surface area contributed by atoms with Gasteiger partial charge >= 0.3 is 0 Å². The molecule has 0 saturated carbocycles. The largest absolute Gasteiger partial charge is 0.313 e. The standard InChI is InChI=1S/C12H22N2/c1-14-8-4-5-11(10-14)9-13-12-6-2-3-7-12/h2-3,11-13H,4-10H2,1H3. The van der Waals surface area contributed by atoms with Crippen LogP contribution in [0.1, 0.15) is 25.7 Å². The number of nitrogens with one attached hydrogen (secondary N) is 1. The van der Waals surface area contributed by atoms with Gasteiger partial charge in [0.15, 0.2) is 0 Å². The molecule has 1 aliphatic heterocycles. The molecular weight excluding hydrogens is 172 g/mol. The number of rotatable bonds is 3. The molecule has 0 spiro atoms. The van der Waals surface area contributed by atoms with E-state index < -0.39 is 0 Å². The maximum atomic E-state index is 3.68. The first-order valence-electron chi connectivity index (χ1n) is 5.91. The van der Waals surface area contributed by atoms with Gasteiger partial charge in [-0.15, -0.1) is 0 Å². The minimum atomic E-state index is 0.738. The third-order valence-electron chi connectivity index (χ3n) is 3.43. The summed E-state index contributed by atoms with van der Waals surface area (Å²) in [4.78, 5) is 2.46. The maximum Gasteiger partial charge on any atom is 0.0136 e. The lowest BCUT2D eigenvalue weighted by Gasteiger charge is -2.30. The van der Waals surface area contributed by atoms with Gasteiger partial charge in [0.25, 0.3) is 0 Å². The molecule has 2 heteroatoms. The maximum absolute atomic E-state index is 3.68. The highest BCUT2D eigenvalue weighted by Crippen LogP contribution is 2.15. The van der Waals surface area contributed by atoms with E-state index in [-0.39, 0.29) is 0 Å². The highest BCUT2D eigenvalue weighted by Gasteiger charge is 2.18. The molecular formula is C12H22N2. The molecule has 1 fully saturated rings. The second-order valence-electron chi connectivity index (χ2n) is 4.82. The lowest BCUT2D eigenvalue weighted by atomic mass is 9.98. The van der Waals surface area contributed by atoms with Crippen molar-refractivity contribution in [2.45, 2.75) is 31.7 Å². The summed E-state index contributed by atoms with van der Waals surface area (Å²) in [5, 5.41) is 3.68. The van der Waals surface area contributed by atoms with Crippen LogP contribution in [-0.2, 0) is 0 Å². The van der Waals surface area contributed by atoms with Crippen molar-refractivity contribution >= 4 is 0 Å². The van der Waals surface area contributed by atoms with Gasteiger partial charge in [-0.1, -0.05) is 12.2 Å². The zero-order valence-electron chi connectivity index (χ0n) is 9.21. The fourth-order valence-corrected chi connectivity index (χ4v) is 2.56. The van der Waals surface area contributed by atoms with Crippen LogP contribution in [0.25, 0.3) is 0 Å². The van der Waals surface area contributed by atoms with Gasteiger partial charge in [0.05, 0.1) is 0 Å². The van der Waals surface area contributed by atoms with Gasteiger partial charge in [0.1, 0.15) is 0 Å². The summed E-state index contributed by atoms with van der Waals surface area (Å²) in [7, 11) is 2.24. The van der Waals surface area contributed by atoms with Crippen molar-refractivity contribution < 1.29 is 0 Å². The van der Waals surface area contributed by atoms with Crippen LogP contribution in [0.3, 0.4) is 0 Å². The van der Waals surface area contributed by atoms with E-state index in [0.29, 0.717) is 0 Å². The van der Waals surface area contributed by atoms with Gasteiger partial charge in [-0.2, -0.15) is 0 Å². The molecule has 2 aliphatic rings. The smallest absolute Gasteiger partial charge is 0.0136 e. The number of piperidine rings is 1. The van der Waals surface area contributed by atoms with Crippen molar-refractivity contribution in [3.05, 3.63) is 12.2 Å². The third kappa shape index (κ3) is 2.82. The molecule has 1 saturated heterocycles. The lowest BCUT2D eigenvalue weighted by Crippen LogP contribution is -2.39. The van der Waals surface area contributed by atoms with Gasteiger partial charge in [0.2, 0.25) is 0 Å². The Morgan fingerprint density at radius 2 is 2.14 bits per heavy atom. The molecule has 1 aliphatic carbocycles. The minimum Gasteiger partial charge on any atom is -0.313 e. The predicted molar refractivity (Wildman–Crippen MR) is 60.4 cm³/mol. The van der Waals surface area contributed by atoms with Crippen molar-refractivity contribution in [2.75, 3.05) is 26.7 Å². The van der Waals surface area contributed by atoms with Crippen LogP contribution in [0.5, 0.6) is 0 Å². The molecule has 2 rings (SSSR count). The fourth-order valence-electron chi connectivity index (χ4n) is 2.56. The van der Waals surface area contributed by atoms with Crippen LogP contribution < -0.4 is 5.32 Å². The summed E-state index contributed by atoms with van der Waals surface area (Å²) in [5.41, 5.74) is 0. The molecule has 80 valence electrons. The Bertz CT molecular complexity index is 192. The Morgan fingerprint density at radius 1 is 1.36 bits per heavy atom. The average molecular weight is 194 g/mol. The van der Waals surface area contributed by atoms with Gasteiger partial charge in [-0.25, -0.2) is 0 Å². The van der Waals surface area contributed by atoms with Crippen LogP contribution in [0.15, 0.2) is 12.2 Å². The van der Waals surface area contributed by atoms with Gasteiger partial charge in [0, 0.05) is 12.6 Å². The summed E-state index contributed by atoms with van der Waals surface area (Å²) >= 11 is 0. The molecule has 2 nitrogen and oxygen atoms in total. The van der Waals surface area contributed by atoms with Crippen molar-refractivity contribution in [2.24, 2.45) is 5.92 Å². The minimum absolute atomic E-state index is 0.738. The lowest BCUT2D eigenvalue weighted by molar-refractivity contribution is 0.203. The number of nitrogens with zero attached hydrogens (tertiary/aromatic N) is 1. The zero-order valence-corrected chi connectivity index (χ0v) is 9.21. The summed E-state index contributed by atoms with van der Waals surface area (Å²) in [6.45, 7) is 3.80. The number of hydrogen-bond donors (Lipinski definition) is 1. The Kier molecular flexibility index (Phi) is 3.60. The van der Waals surface area contributed by atoms with E-state index in [1.54, 1.807) is 0 Å². The second kappa shape index (κ2) is 4.94. The third-order valence-corrected chi connectivity index (χ3v) is 3.43. The highest BCUT2D eigenvalue weighted by atomic mass is 15.1. The van der Waals surface area contributed by atoms with Crippen molar-refractivity contribution in [1.29, 1.82) is 0 Å². The quantitative estimate of drug-likeness (QED) is 0.687. The molecule has 14 heavy (non-hydrogen) atoms. The first-order valence-corrected chi connectivity index (χ1v) is 5.91. The second-order valence-corrected chi connectivity index (χ2v) is 4.82. The van der Waals surface area contributed by atoms with E-state index in [9.17, 15) is 0 Å². The van der Waals surface area contributed by atoms with Crippen LogP contribution in [0.2, 0.25) is 0 Å². The van der Waals surface area contributed by atoms with E-state index in [1.807, 2.05) is 0 Å². The predicted octanol–water partition coefficient (Wildman–Crippen LogP) is 1.64. The van der Waals surface area contributed by atoms with Gasteiger partial charge < -0.3 is 10.2 Å². The molecule has 0 aromatic rings. The van der Waals surface area contributed by atoms with E-state index >= 15 is 0 Å². The van der Waals surface area contributed by atoms with Crippen molar-refractivity contribution in [1.82, 2.24) is 10.2 Å². The van der Waals surface area contributed by atoms with Crippen LogP contribution in [-0.4, -0.2) is 37.6 Å². The number of likely N-dealkylation sites (tertiary alicyclic amines) is 1. The molecule has 0 amide bonds.